The highest BCUT2D eigenvalue weighted by Crippen LogP contribution is 2.37. The van der Waals surface area contributed by atoms with E-state index in [0.717, 1.165) is 41.4 Å². The minimum Gasteiger partial charge on any atom is -0.465 e. The van der Waals surface area contributed by atoms with Crippen LogP contribution < -0.4 is 10.2 Å². The molecule has 0 aliphatic carbocycles. The van der Waals surface area contributed by atoms with Crippen LogP contribution in [0.3, 0.4) is 0 Å². The zero-order valence-electron chi connectivity index (χ0n) is 24.1. The van der Waals surface area contributed by atoms with Gasteiger partial charge in [-0.2, -0.15) is 5.10 Å². The average Bonchev–Trinajstić information content (AvgIpc) is 3.51. The molecular weight excluding hydrogens is 517 g/mol. The molecule has 0 aromatic carbocycles. The third-order valence-electron chi connectivity index (χ3n) is 6.44. The number of aryl methyl sites for hydroxylation is 2. The van der Waals surface area contributed by atoms with Gasteiger partial charge in [0.25, 0.3) is 0 Å². The Morgan fingerprint density at radius 1 is 1.25 bits per heavy atom. The molecule has 2 aliphatic heterocycles. The molecule has 0 spiro atoms. The summed E-state index contributed by atoms with van der Waals surface area (Å²) in [7, 11) is 1.92. The highest BCUT2D eigenvalue weighted by molar-refractivity contribution is 5.81. The maximum Gasteiger partial charge on any atom is 0.412 e. The number of carbonyl (C=O) groups is 2. The summed E-state index contributed by atoms with van der Waals surface area (Å²) in [4.78, 5) is 33.8. The minimum absolute atomic E-state index is 0.0514. The molecule has 0 saturated carbocycles. The van der Waals surface area contributed by atoms with Crippen molar-refractivity contribution >= 4 is 24.3 Å². The van der Waals surface area contributed by atoms with Crippen molar-refractivity contribution in [3.63, 3.8) is 0 Å². The first-order valence-corrected chi connectivity index (χ1v) is 13.3. The normalized spacial score (nSPS) is 16.9. The number of halogens is 1. The molecule has 218 valence electrons. The summed E-state index contributed by atoms with van der Waals surface area (Å²) in [6.45, 7) is 10.7. The van der Waals surface area contributed by atoms with Crippen molar-refractivity contribution in [2.24, 2.45) is 12.0 Å². The zero-order chi connectivity index (χ0) is 29.5. The molecule has 1 saturated heterocycles. The highest BCUT2D eigenvalue weighted by atomic mass is 19.1. The highest BCUT2D eigenvalue weighted by Gasteiger charge is 2.31. The topological polar surface area (TPSA) is 125 Å². The summed E-state index contributed by atoms with van der Waals surface area (Å²) < 4.78 is 21.4. The largest absolute Gasteiger partial charge is 0.465 e. The number of carboxylic acid groups (broad SMARTS) is 1. The fraction of sp³-hybridized carbons (Fsp3) is 0.536. The van der Waals surface area contributed by atoms with Gasteiger partial charge in [0.05, 0.1) is 18.4 Å². The number of nitrogens with zero attached hydrogens (tertiary/aromatic N) is 6. The Hall–Kier alpha value is -3.96. The second-order valence-corrected chi connectivity index (χ2v) is 11.4. The third-order valence-corrected chi connectivity index (χ3v) is 6.44. The molecule has 1 fully saturated rings. The molecule has 0 bridgehead atoms. The predicted molar refractivity (Wildman–Crippen MR) is 151 cm³/mol. The zero-order valence-corrected chi connectivity index (χ0v) is 24.1. The molecule has 11 nitrogen and oxygen atoms in total. The number of pyridine rings is 1. The lowest BCUT2D eigenvalue weighted by Crippen LogP contribution is -2.46. The first kappa shape index (κ1) is 30.6. The summed E-state index contributed by atoms with van der Waals surface area (Å²) in [6, 6.07) is 3.64. The molecule has 0 radical (unpaired) electrons. The van der Waals surface area contributed by atoms with Crippen LogP contribution in [0.25, 0.3) is 0 Å². The quantitative estimate of drug-likeness (QED) is 0.509. The molecule has 2 aliphatic rings. The maximum atomic E-state index is 14.2. The van der Waals surface area contributed by atoms with Crippen LogP contribution in [0.2, 0.25) is 0 Å². The van der Waals surface area contributed by atoms with Crippen LogP contribution in [0.1, 0.15) is 71.2 Å². The lowest BCUT2D eigenvalue weighted by Gasteiger charge is -2.30. The number of anilines is 1. The van der Waals surface area contributed by atoms with E-state index in [1.807, 2.05) is 52.4 Å². The molecule has 12 heteroatoms. The molecular formula is C28H40FN7O4. The fourth-order valence-corrected chi connectivity index (χ4v) is 4.58. The van der Waals surface area contributed by atoms with Gasteiger partial charge in [-0.3, -0.25) is 14.6 Å². The monoisotopic (exact) mass is 557 g/mol. The van der Waals surface area contributed by atoms with Crippen LogP contribution in [-0.4, -0.2) is 67.5 Å². The summed E-state index contributed by atoms with van der Waals surface area (Å²) in [5.74, 6) is 0.686. The Bertz CT molecular complexity index is 1240. The van der Waals surface area contributed by atoms with Crippen LogP contribution in [-0.2, 0) is 18.2 Å². The van der Waals surface area contributed by atoms with E-state index in [2.05, 4.69) is 25.3 Å². The van der Waals surface area contributed by atoms with Crippen LogP contribution >= 0.6 is 0 Å². The molecule has 0 unspecified atom stereocenters. The smallest absolute Gasteiger partial charge is 0.412 e. The summed E-state index contributed by atoms with van der Waals surface area (Å²) >= 11 is 0. The van der Waals surface area contributed by atoms with Crippen LogP contribution in [0.4, 0.5) is 19.8 Å². The molecule has 2 amide bonds. The molecule has 2 N–H and O–H groups in total. The third kappa shape index (κ3) is 8.78. The van der Waals surface area contributed by atoms with Gasteiger partial charge in [0, 0.05) is 43.6 Å². The van der Waals surface area contributed by atoms with Crippen LogP contribution in [0.15, 0.2) is 41.8 Å². The predicted octanol–water partition coefficient (Wildman–Crippen LogP) is 5.05. The molecule has 4 heterocycles. The van der Waals surface area contributed by atoms with Crippen molar-refractivity contribution in [2.45, 2.75) is 77.5 Å². The summed E-state index contributed by atoms with van der Waals surface area (Å²) in [5, 5.41) is 15.6. The van der Waals surface area contributed by atoms with Crippen molar-refractivity contribution in [3.05, 3.63) is 53.9 Å². The number of alkyl carbamates (subject to hydrolysis) is 1. The number of aromatic nitrogens is 3. The number of ether oxygens (including phenoxy) is 1. The number of carbonyl (C=O) groups excluding carboxylic acids is 1. The van der Waals surface area contributed by atoms with Crippen molar-refractivity contribution < 1.29 is 23.8 Å². The summed E-state index contributed by atoms with van der Waals surface area (Å²) in [6.07, 6.45) is 9.39. The molecule has 40 heavy (non-hydrogen) atoms. The van der Waals surface area contributed by atoms with Crippen molar-refractivity contribution in [3.8, 4) is 0 Å². The summed E-state index contributed by atoms with van der Waals surface area (Å²) in [5.41, 5.74) is 0.725. The first-order chi connectivity index (χ1) is 18.8. The van der Waals surface area contributed by atoms with Crippen LogP contribution in [0, 0.1) is 5.82 Å². The Labute approximate surface area is 234 Å². The van der Waals surface area contributed by atoms with Crippen molar-refractivity contribution in [2.75, 3.05) is 18.0 Å². The number of aliphatic imine (C=N–C) groups is 1. The van der Waals surface area contributed by atoms with Crippen LogP contribution in [0.5, 0.6) is 0 Å². The van der Waals surface area contributed by atoms with E-state index in [1.165, 1.54) is 12.5 Å². The van der Waals surface area contributed by atoms with Gasteiger partial charge in [0.15, 0.2) is 0 Å². The number of hydrogen-bond donors (Lipinski definition) is 2. The SMILES string of the molecule is Cn1nccc1N1CCC[C@@H]1c1cc(F)cnc1CCC(C)(C)NC(=O)OC(C)(C)C.O=C(O)N1C=NC=CC1. The Morgan fingerprint density at radius 3 is 2.58 bits per heavy atom. The van der Waals surface area contributed by atoms with E-state index in [9.17, 15) is 14.0 Å². The van der Waals surface area contributed by atoms with Gasteiger partial charge < -0.3 is 20.1 Å². The van der Waals surface area contributed by atoms with E-state index in [-0.39, 0.29) is 11.9 Å². The van der Waals surface area contributed by atoms with Crippen molar-refractivity contribution in [1.29, 1.82) is 0 Å². The number of amides is 2. The lowest BCUT2D eigenvalue weighted by atomic mass is 9.93. The van der Waals surface area contributed by atoms with E-state index in [4.69, 9.17) is 9.84 Å². The van der Waals surface area contributed by atoms with E-state index in [0.29, 0.717) is 19.4 Å². The first-order valence-electron chi connectivity index (χ1n) is 13.3. The van der Waals surface area contributed by atoms with Gasteiger partial charge in [-0.05, 0) is 78.0 Å². The maximum absolute atomic E-state index is 14.2. The van der Waals surface area contributed by atoms with Gasteiger partial charge in [0.1, 0.15) is 23.6 Å². The standard InChI is InChI=1S/C23H34FN5O2.C5H6N2O2/c1-22(2,3)31-21(30)27-23(4,5)11-9-18-17(14-16(24)15-25-18)19-8-7-13-29(19)20-10-12-26-28(20)6;8-5(9)7-3-1-2-6-4-7/h10,12,14-15,19H,7-9,11,13H2,1-6H3,(H,27,30);1-2,4H,3H2,(H,8,9)/t19-;/m1./s1. The average molecular weight is 558 g/mol. The fourth-order valence-electron chi connectivity index (χ4n) is 4.58. The Morgan fingerprint density at radius 2 is 2.00 bits per heavy atom. The van der Waals surface area contributed by atoms with Gasteiger partial charge in [-0.1, -0.05) is 0 Å². The minimum atomic E-state index is -0.969. The second kappa shape index (κ2) is 12.9. The van der Waals surface area contributed by atoms with E-state index >= 15 is 0 Å². The van der Waals surface area contributed by atoms with E-state index in [1.54, 1.807) is 24.5 Å². The van der Waals surface area contributed by atoms with E-state index < -0.39 is 23.3 Å². The lowest BCUT2D eigenvalue weighted by molar-refractivity contribution is 0.0468. The van der Waals surface area contributed by atoms with Gasteiger partial charge in [-0.25, -0.2) is 19.0 Å². The number of rotatable bonds is 6. The molecule has 2 aromatic rings. The Balaban J connectivity index is 0.000000415. The Kier molecular flexibility index (Phi) is 9.88. The molecule has 2 aromatic heterocycles. The number of nitrogens with one attached hydrogen (secondary N) is 1. The second-order valence-electron chi connectivity index (χ2n) is 11.4. The molecule has 1 atom stereocenters. The van der Waals surface area contributed by atoms with Gasteiger partial charge in [0.2, 0.25) is 0 Å². The van der Waals surface area contributed by atoms with Gasteiger partial charge in [-0.15, -0.1) is 0 Å². The van der Waals surface area contributed by atoms with Gasteiger partial charge >= 0.3 is 12.2 Å². The van der Waals surface area contributed by atoms with Crippen molar-refractivity contribution in [1.82, 2.24) is 25.0 Å². The number of hydrogen-bond acceptors (Lipinski definition) is 7. The molecule has 4 rings (SSSR count).